The van der Waals surface area contributed by atoms with Crippen molar-refractivity contribution in [3.05, 3.63) is 66.1 Å². The van der Waals surface area contributed by atoms with E-state index < -0.39 is 11.9 Å². The third kappa shape index (κ3) is 5.04. The second kappa shape index (κ2) is 9.96. The predicted octanol–water partition coefficient (Wildman–Crippen LogP) is 4.87. The van der Waals surface area contributed by atoms with Crippen molar-refractivity contribution >= 4 is 12.0 Å². The third-order valence-electron chi connectivity index (χ3n) is 5.42. The van der Waals surface area contributed by atoms with E-state index in [0.29, 0.717) is 36.7 Å². The van der Waals surface area contributed by atoms with Gasteiger partial charge in [-0.1, -0.05) is 0 Å². The number of carbonyl (C=O) groups is 2. The van der Waals surface area contributed by atoms with E-state index in [0.717, 1.165) is 17.1 Å². The molecule has 0 bridgehead atoms. The number of rotatable bonds is 8. The van der Waals surface area contributed by atoms with Crippen molar-refractivity contribution in [2.24, 2.45) is 0 Å². The number of carbonyl (C=O) groups excluding carboxylic acids is 1. The monoisotopic (exact) mass is 468 g/mol. The highest BCUT2D eigenvalue weighted by atomic mass is 19.1. The molecule has 0 spiro atoms. The number of amides is 1. The predicted molar refractivity (Wildman–Crippen MR) is 122 cm³/mol. The molecule has 1 N–H and O–H groups in total. The normalized spacial score (nSPS) is 13.8. The van der Waals surface area contributed by atoms with Gasteiger partial charge in [0.15, 0.2) is 11.6 Å². The number of methoxy groups -OCH3 is 1. The Bertz CT molecular complexity index is 1200. The van der Waals surface area contributed by atoms with Crippen LogP contribution in [0.3, 0.4) is 0 Å². The maximum absolute atomic E-state index is 14.8. The molecule has 1 fully saturated rings. The van der Waals surface area contributed by atoms with Gasteiger partial charge in [-0.2, -0.15) is 0 Å². The Kier molecular flexibility index (Phi) is 6.83. The molecule has 4 rings (SSSR count). The molecule has 1 aliphatic rings. The Morgan fingerprint density at radius 2 is 1.88 bits per heavy atom. The van der Waals surface area contributed by atoms with E-state index in [-0.39, 0.29) is 29.1 Å². The minimum atomic E-state index is -1.14. The molecule has 0 radical (unpaired) electrons. The molecule has 3 aromatic rings. The Morgan fingerprint density at radius 3 is 2.53 bits per heavy atom. The van der Waals surface area contributed by atoms with Crippen molar-refractivity contribution in [2.75, 3.05) is 26.8 Å². The molecule has 34 heavy (non-hydrogen) atoms. The van der Waals surface area contributed by atoms with Crippen LogP contribution in [0.25, 0.3) is 11.3 Å². The fraction of sp³-hybridized carbons (Fsp3) is 0.280. The molecule has 0 saturated carbocycles. The SMILES string of the molecule is COC[C@H](C)Oc1cc(Oc2ccc(C(=O)N3CCC3)cc2F)cc(-c2cccn2C(=O)O)c1. The topological polar surface area (TPSA) is 90.2 Å². The average Bonchev–Trinajstić information content (AvgIpc) is 3.24. The first kappa shape index (κ1) is 23.3. The van der Waals surface area contributed by atoms with Gasteiger partial charge >= 0.3 is 6.09 Å². The molecule has 2 heterocycles. The zero-order chi connectivity index (χ0) is 24.2. The molecular formula is C25H25FN2O6. The minimum absolute atomic E-state index is 0.0678. The van der Waals surface area contributed by atoms with Gasteiger partial charge in [-0.15, -0.1) is 0 Å². The number of halogens is 1. The quantitative estimate of drug-likeness (QED) is 0.507. The van der Waals surface area contributed by atoms with Gasteiger partial charge < -0.3 is 24.2 Å². The molecule has 178 valence electrons. The molecule has 2 aromatic carbocycles. The molecule has 9 heteroatoms. The summed E-state index contributed by atoms with van der Waals surface area (Å²) in [5.74, 6) is -0.310. The molecular weight excluding hydrogens is 443 g/mol. The Morgan fingerprint density at radius 1 is 1.12 bits per heavy atom. The number of carboxylic acid groups (broad SMARTS) is 1. The Balaban J connectivity index is 1.65. The van der Waals surface area contributed by atoms with Crippen LogP contribution in [0.4, 0.5) is 9.18 Å². The smallest absolute Gasteiger partial charge is 0.415 e. The maximum atomic E-state index is 14.8. The van der Waals surface area contributed by atoms with Crippen molar-refractivity contribution in [1.29, 1.82) is 0 Å². The van der Waals surface area contributed by atoms with Crippen molar-refractivity contribution in [1.82, 2.24) is 9.47 Å². The van der Waals surface area contributed by atoms with Crippen LogP contribution in [0, 0.1) is 5.82 Å². The summed E-state index contributed by atoms with van der Waals surface area (Å²) in [5, 5.41) is 9.48. The van der Waals surface area contributed by atoms with Crippen LogP contribution in [-0.2, 0) is 4.74 Å². The first-order chi connectivity index (χ1) is 16.4. The lowest BCUT2D eigenvalue weighted by atomic mass is 10.1. The standard InChI is InChI=1S/C25H25FN2O6/c1-16(15-32-2)33-19-11-18(22-5-3-10-28(22)25(30)31)12-20(14-19)34-23-7-6-17(13-21(23)26)24(29)27-8-4-9-27/h3,5-7,10-14,16H,4,8-9,15H2,1-2H3,(H,30,31)/t16-/m0/s1. The van der Waals surface area contributed by atoms with Crippen LogP contribution < -0.4 is 9.47 Å². The number of ether oxygens (including phenoxy) is 3. The fourth-order valence-electron chi connectivity index (χ4n) is 3.68. The minimum Gasteiger partial charge on any atom is -0.488 e. The summed E-state index contributed by atoms with van der Waals surface area (Å²) in [4.78, 5) is 25.6. The first-order valence-electron chi connectivity index (χ1n) is 10.8. The van der Waals surface area contributed by atoms with Gasteiger partial charge in [0.2, 0.25) is 0 Å². The summed E-state index contributed by atoms with van der Waals surface area (Å²) in [7, 11) is 1.56. The summed E-state index contributed by atoms with van der Waals surface area (Å²) >= 11 is 0. The van der Waals surface area contributed by atoms with Gasteiger partial charge in [-0.3, -0.25) is 9.36 Å². The van der Waals surface area contributed by atoms with E-state index >= 15 is 0 Å². The van der Waals surface area contributed by atoms with Crippen LogP contribution >= 0.6 is 0 Å². The lowest BCUT2D eigenvalue weighted by Crippen LogP contribution is -2.42. The summed E-state index contributed by atoms with van der Waals surface area (Å²) < 4.78 is 32.7. The van der Waals surface area contributed by atoms with Crippen molar-refractivity contribution in [3.8, 4) is 28.5 Å². The number of hydrogen-bond donors (Lipinski definition) is 1. The second-order valence-electron chi connectivity index (χ2n) is 8.02. The van der Waals surface area contributed by atoms with Crippen LogP contribution in [0.15, 0.2) is 54.7 Å². The lowest BCUT2D eigenvalue weighted by molar-refractivity contribution is 0.0651. The number of benzene rings is 2. The van der Waals surface area contributed by atoms with Gasteiger partial charge in [0, 0.05) is 43.6 Å². The highest BCUT2D eigenvalue weighted by Crippen LogP contribution is 2.34. The van der Waals surface area contributed by atoms with Gasteiger partial charge in [0.1, 0.15) is 17.6 Å². The first-order valence-corrected chi connectivity index (χ1v) is 10.8. The van der Waals surface area contributed by atoms with E-state index in [1.807, 2.05) is 6.92 Å². The average molecular weight is 468 g/mol. The number of hydrogen-bond acceptors (Lipinski definition) is 5. The maximum Gasteiger partial charge on any atom is 0.415 e. The van der Waals surface area contributed by atoms with E-state index in [9.17, 15) is 19.1 Å². The van der Waals surface area contributed by atoms with Crippen molar-refractivity contribution in [3.63, 3.8) is 0 Å². The summed E-state index contributed by atoms with van der Waals surface area (Å²) in [6.07, 6.45) is 0.940. The van der Waals surface area contributed by atoms with Crippen LogP contribution in [0.1, 0.15) is 23.7 Å². The van der Waals surface area contributed by atoms with E-state index in [4.69, 9.17) is 14.2 Å². The summed E-state index contributed by atoms with van der Waals surface area (Å²) in [6.45, 7) is 3.51. The molecule has 8 nitrogen and oxygen atoms in total. The molecule has 1 amide bonds. The number of likely N-dealkylation sites (tertiary alicyclic amines) is 1. The van der Waals surface area contributed by atoms with Gasteiger partial charge in [-0.05, 0) is 55.8 Å². The highest BCUT2D eigenvalue weighted by Gasteiger charge is 2.23. The Labute approximate surface area is 196 Å². The second-order valence-corrected chi connectivity index (χ2v) is 8.02. The lowest BCUT2D eigenvalue weighted by Gasteiger charge is -2.30. The van der Waals surface area contributed by atoms with Crippen molar-refractivity contribution < 1.29 is 33.3 Å². The molecule has 0 unspecified atom stereocenters. The van der Waals surface area contributed by atoms with Gasteiger partial charge in [0.05, 0.1) is 12.3 Å². The third-order valence-corrected chi connectivity index (χ3v) is 5.42. The number of aromatic nitrogens is 1. The van der Waals surface area contributed by atoms with Gasteiger partial charge in [-0.25, -0.2) is 9.18 Å². The Hall–Kier alpha value is -3.85. The largest absolute Gasteiger partial charge is 0.488 e. The number of nitrogens with zero attached hydrogens (tertiary/aromatic N) is 2. The van der Waals surface area contributed by atoms with E-state index in [2.05, 4.69) is 0 Å². The summed E-state index contributed by atoms with van der Waals surface area (Å²) in [5.41, 5.74) is 1.17. The molecule has 1 aliphatic heterocycles. The van der Waals surface area contributed by atoms with E-state index in [1.54, 1.807) is 42.3 Å². The van der Waals surface area contributed by atoms with Crippen LogP contribution in [-0.4, -0.2) is 59.5 Å². The van der Waals surface area contributed by atoms with Crippen molar-refractivity contribution in [2.45, 2.75) is 19.4 Å². The molecule has 1 aromatic heterocycles. The zero-order valence-electron chi connectivity index (χ0n) is 18.9. The summed E-state index contributed by atoms with van der Waals surface area (Å²) in [6, 6.07) is 12.2. The fourth-order valence-corrected chi connectivity index (χ4v) is 3.68. The molecule has 0 aliphatic carbocycles. The molecule has 1 saturated heterocycles. The van der Waals surface area contributed by atoms with Crippen LogP contribution in [0.2, 0.25) is 0 Å². The van der Waals surface area contributed by atoms with Crippen LogP contribution in [0.5, 0.6) is 17.2 Å². The zero-order valence-corrected chi connectivity index (χ0v) is 18.9. The van der Waals surface area contributed by atoms with Gasteiger partial charge in [0.25, 0.3) is 5.91 Å². The highest BCUT2D eigenvalue weighted by molar-refractivity contribution is 5.94. The van der Waals surface area contributed by atoms with E-state index in [1.165, 1.54) is 18.3 Å². The molecule has 1 atom stereocenters.